The van der Waals surface area contributed by atoms with Crippen LogP contribution in [0.3, 0.4) is 0 Å². The predicted octanol–water partition coefficient (Wildman–Crippen LogP) is 2.63. The van der Waals surface area contributed by atoms with Crippen LogP contribution in [-0.4, -0.2) is 11.5 Å². The minimum Gasteiger partial charge on any atom is -0.383 e. The van der Waals surface area contributed by atoms with E-state index in [-0.39, 0.29) is 0 Å². The number of hydrogen-bond donors (Lipinski definition) is 1. The van der Waals surface area contributed by atoms with Gasteiger partial charge in [0.25, 0.3) is 0 Å². The molecule has 0 bridgehead atoms. The second-order valence-electron chi connectivity index (χ2n) is 4.69. The fourth-order valence-electron chi connectivity index (χ4n) is 2.92. The summed E-state index contributed by atoms with van der Waals surface area (Å²) in [5, 5.41) is 3.50. The number of nitrogens with zero attached hydrogens (tertiary/aromatic N) is 1. The van der Waals surface area contributed by atoms with Gasteiger partial charge in [0, 0.05) is 17.7 Å². The molecule has 1 spiro atoms. The molecule has 0 atom stereocenters. The quantitative estimate of drug-likeness (QED) is 0.677. The van der Waals surface area contributed by atoms with Gasteiger partial charge in [-0.05, 0) is 31.9 Å². The highest BCUT2D eigenvalue weighted by atomic mass is 15.0. The molecule has 74 valence electrons. The molecule has 3 rings (SSSR count). The van der Waals surface area contributed by atoms with Crippen molar-refractivity contribution in [3.05, 3.63) is 23.5 Å². The van der Waals surface area contributed by atoms with Crippen molar-refractivity contribution in [3.63, 3.8) is 0 Å². The Morgan fingerprint density at radius 2 is 2.07 bits per heavy atom. The van der Waals surface area contributed by atoms with Crippen molar-refractivity contribution < 1.29 is 0 Å². The standard InChI is InChI=1S/C12H16N2/c1-9-4-5-10-11(14-9)12(8-13-10)6-2-3-7-12/h4-5,13H,2-3,6-8H2,1H3. The van der Waals surface area contributed by atoms with Crippen molar-refractivity contribution in [1.29, 1.82) is 0 Å². The summed E-state index contributed by atoms with van der Waals surface area (Å²) < 4.78 is 0. The van der Waals surface area contributed by atoms with E-state index in [0.717, 1.165) is 12.2 Å². The number of anilines is 1. The van der Waals surface area contributed by atoms with Gasteiger partial charge >= 0.3 is 0 Å². The van der Waals surface area contributed by atoms with Crippen molar-refractivity contribution >= 4 is 5.69 Å². The fraction of sp³-hybridized carbons (Fsp3) is 0.583. The second kappa shape index (κ2) is 2.72. The second-order valence-corrected chi connectivity index (χ2v) is 4.69. The maximum absolute atomic E-state index is 4.73. The third-order valence-corrected chi connectivity index (χ3v) is 3.71. The van der Waals surface area contributed by atoms with Gasteiger partial charge in [-0.15, -0.1) is 0 Å². The first kappa shape index (κ1) is 8.27. The molecule has 1 aliphatic heterocycles. The average molecular weight is 188 g/mol. The van der Waals surface area contributed by atoms with Gasteiger partial charge in [-0.1, -0.05) is 12.8 Å². The summed E-state index contributed by atoms with van der Waals surface area (Å²) >= 11 is 0. The van der Waals surface area contributed by atoms with Crippen molar-refractivity contribution in [1.82, 2.24) is 4.98 Å². The molecule has 1 fully saturated rings. The smallest absolute Gasteiger partial charge is 0.0717 e. The zero-order chi connectivity index (χ0) is 9.60. The van der Waals surface area contributed by atoms with Crippen molar-refractivity contribution in [2.75, 3.05) is 11.9 Å². The van der Waals surface area contributed by atoms with E-state index in [1.807, 2.05) is 0 Å². The van der Waals surface area contributed by atoms with E-state index >= 15 is 0 Å². The first-order valence-corrected chi connectivity index (χ1v) is 5.52. The molecule has 1 aromatic rings. The SMILES string of the molecule is Cc1ccc2c(n1)C1(CCCC1)CN2. The molecular weight excluding hydrogens is 172 g/mol. The number of nitrogens with one attached hydrogen (secondary N) is 1. The number of aryl methyl sites for hydroxylation is 1. The zero-order valence-electron chi connectivity index (χ0n) is 8.64. The summed E-state index contributed by atoms with van der Waals surface area (Å²) in [6, 6.07) is 4.28. The molecule has 1 aliphatic carbocycles. The molecule has 0 radical (unpaired) electrons. The van der Waals surface area contributed by atoms with Crippen LogP contribution in [-0.2, 0) is 5.41 Å². The van der Waals surface area contributed by atoms with Gasteiger partial charge < -0.3 is 5.32 Å². The minimum atomic E-state index is 0.390. The molecule has 0 saturated heterocycles. The third kappa shape index (κ3) is 0.999. The average Bonchev–Trinajstić information content (AvgIpc) is 2.77. The largest absolute Gasteiger partial charge is 0.383 e. The fourth-order valence-corrected chi connectivity index (χ4v) is 2.92. The Hall–Kier alpha value is -1.05. The lowest BCUT2D eigenvalue weighted by Gasteiger charge is -2.21. The summed E-state index contributed by atoms with van der Waals surface area (Å²) in [4.78, 5) is 4.73. The van der Waals surface area contributed by atoms with Crippen LogP contribution in [0.1, 0.15) is 37.1 Å². The lowest BCUT2D eigenvalue weighted by atomic mass is 9.84. The lowest BCUT2D eigenvalue weighted by molar-refractivity contribution is 0.475. The van der Waals surface area contributed by atoms with Gasteiger partial charge in [0.1, 0.15) is 0 Å². The number of pyridine rings is 1. The number of hydrogen-bond acceptors (Lipinski definition) is 2. The molecule has 0 aromatic carbocycles. The Morgan fingerprint density at radius 1 is 1.29 bits per heavy atom. The lowest BCUT2D eigenvalue weighted by Crippen LogP contribution is -2.25. The highest BCUT2D eigenvalue weighted by Gasteiger charge is 2.42. The summed E-state index contributed by atoms with van der Waals surface area (Å²) in [7, 11) is 0. The Bertz CT molecular complexity index is 365. The highest BCUT2D eigenvalue weighted by Crippen LogP contribution is 2.46. The highest BCUT2D eigenvalue weighted by molar-refractivity contribution is 5.57. The van der Waals surface area contributed by atoms with Gasteiger partial charge in [-0.3, -0.25) is 4.98 Å². The van der Waals surface area contributed by atoms with E-state index < -0.39 is 0 Å². The van der Waals surface area contributed by atoms with Crippen LogP contribution in [0.25, 0.3) is 0 Å². The van der Waals surface area contributed by atoms with Crippen molar-refractivity contribution in [2.24, 2.45) is 0 Å². The maximum atomic E-state index is 4.73. The van der Waals surface area contributed by atoms with Gasteiger partial charge in [0.15, 0.2) is 0 Å². The van der Waals surface area contributed by atoms with Crippen LogP contribution in [0.15, 0.2) is 12.1 Å². The van der Waals surface area contributed by atoms with E-state index in [2.05, 4.69) is 24.4 Å². The molecule has 2 heteroatoms. The van der Waals surface area contributed by atoms with Crippen LogP contribution in [0.5, 0.6) is 0 Å². The van der Waals surface area contributed by atoms with Crippen LogP contribution >= 0.6 is 0 Å². The van der Waals surface area contributed by atoms with E-state index in [9.17, 15) is 0 Å². The molecule has 2 aliphatic rings. The first-order valence-electron chi connectivity index (χ1n) is 5.52. The molecule has 14 heavy (non-hydrogen) atoms. The first-order chi connectivity index (χ1) is 6.80. The summed E-state index contributed by atoms with van der Waals surface area (Å²) in [6.07, 6.45) is 5.39. The molecule has 1 saturated carbocycles. The summed E-state index contributed by atoms with van der Waals surface area (Å²) in [5.41, 5.74) is 4.16. The molecule has 1 N–H and O–H groups in total. The monoisotopic (exact) mass is 188 g/mol. The third-order valence-electron chi connectivity index (χ3n) is 3.71. The molecule has 0 unspecified atom stereocenters. The predicted molar refractivity (Wildman–Crippen MR) is 57.6 cm³/mol. The van der Waals surface area contributed by atoms with Crippen LogP contribution < -0.4 is 5.32 Å². The van der Waals surface area contributed by atoms with Gasteiger partial charge in [0.2, 0.25) is 0 Å². The molecule has 0 amide bonds. The molecule has 2 heterocycles. The number of rotatable bonds is 0. The summed E-state index contributed by atoms with van der Waals surface area (Å²) in [5.74, 6) is 0. The topological polar surface area (TPSA) is 24.9 Å². The van der Waals surface area contributed by atoms with Gasteiger partial charge in [-0.25, -0.2) is 0 Å². The molecular formula is C12H16N2. The zero-order valence-corrected chi connectivity index (χ0v) is 8.64. The van der Waals surface area contributed by atoms with E-state index in [1.165, 1.54) is 37.1 Å². The normalized spacial score (nSPS) is 22.4. The Kier molecular flexibility index (Phi) is 1.61. The van der Waals surface area contributed by atoms with Crippen LogP contribution in [0, 0.1) is 6.92 Å². The number of aromatic nitrogens is 1. The van der Waals surface area contributed by atoms with E-state index in [0.29, 0.717) is 5.41 Å². The Labute approximate surface area is 84.7 Å². The van der Waals surface area contributed by atoms with Crippen molar-refractivity contribution in [3.8, 4) is 0 Å². The Balaban J connectivity index is 2.12. The van der Waals surface area contributed by atoms with Gasteiger partial charge in [-0.2, -0.15) is 0 Å². The maximum Gasteiger partial charge on any atom is 0.0717 e. The molecule has 2 nitrogen and oxygen atoms in total. The van der Waals surface area contributed by atoms with E-state index in [1.54, 1.807) is 0 Å². The van der Waals surface area contributed by atoms with Crippen molar-refractivity contribution in [2.45, 2.75) is 38.0 Å². The van der Waals surface area contributed by atoms with E-state index in [4.69, 9.17) is 4.98 Å². The minimum absolute atomic E-state index is 0.390. The Morgan fingerprint density at radius 3 is 2.86 bits per heavy atom. The number of fused-ring (bicyclic) bond motifs is 2. The molecule has 1 aromatic heterocycles. The summed E-state index contributed by atoms with van der Waals surface area (Å²) in [6.45, 7) is 3.19. The van der Waals surface area contributed by atoms with Crippen LogP contribution in [0.2, 0.25) is 0 Å². The van der Waals surface area contributed by atoms with Crippen LogP contribution in [0.4, 0.5) is 5.69 Å². The van der Waals surface area contributed by atoms with Gasteiger partial charge in [0.05, 0.1) is 11.4 Å².